The van der Waals surface area contributed by atoms with Crippen LogP contribution in [-0.4, -0.2) is 67.4 Å². The van der Waals surface area contributed by atoms with E-state index in [1.165, 1.54) is 22.3 Å². The summed E-state index contributed by atoms with van der Waals surface area (Å²) in [6, 6.07) is 19.1. The fourth-order valence-corrected chi connectivity index (χ4v) is 4.60. The first kappa shape index (κ1) is 25.9. The number of nitrogens with zero attached hydrogens (tertiary/aromatic N) is 4. The summed E-state index contributed by atoms with van der Waals surface area (Å²) in [4.78, 5) is 14.4. The van der Waals surface area contributed by atoms with E-state index in [0.717, 1.165) is 70.5 Å². The number of anilines is 3. The number of nitrogens with one attached hydrogen (secondary N) is 2. The Morgan fingerprint density at radius 2 is 1.72 bits per heavy atom. The first-order chi connectivity index (χ1) is 17.7. The molecular weight excluding hydrogens is 448 g/mol. The molecule has 7 nitrogen and oxygen atoms in total. The molecule has 7 heteroatoms. The van der Waals surface area contributed by atoms with Crippen molar-refractivity contribution in [2.45, 2.75) is 33.7 Å². The van der Waals surface area contributed by atoms with Gasteiger partial charge in [0, 0.05) is 32.2 Å². The van der Waals surface area contributed by atoms with Crippen LogP contribution in [0.15, 0.2) is 54.6 Å². The molecule has 2 N–H and O–H groups in total. The molecule has 3 aromatic rings. The molecule has 1 aliphatic rings. The molecule has 0 atom stereocenters. The van der Waals surface area contributed by atoms with E-state index in [0.29, 0.717) is 12.5 Å². The van der Waals surface area contributed by atoms with Crippen LogP contribution in [0.5, 0.6) is 0 Å². The molecule has 0 saturated carbocycles. The highest BCUT2D eigenvalue weighted by atomic mass is 16.5. The standard InChI is InChI=1S/C29H40N6O/c1-4-34(5-2)16-10-15-30-27-21-28(35-17-19-36-20-18-35)33-29(32-27)31-22-25-13-9-14-26(23(25)3)24-11-7-6-8-12-24/h6-9,11-14,21H,4-5,10,15-20,22H2,1-3H3,(H2,30,31,32,33). The van der Waals surface area contributed by atoms with Crippen molar-refractivity contribution in [1.29, 1.82) is 0 Å². The van der Waals surface area contributed by atoms with Crippen molar-refractivity contribution in [3.8, 4) is 11.1 Å². The molecule has 2 heterocycles. The lowest BCUT2D eigenvalue weighted by atomic mass is 9.96. The zero-order chi connectivity index (χ0) is 25.2. The second kappa shape index (κ2) is 13.2. The normalized spacial score (nSPS) is 13.7. The van der Waals surface area contributed by atoms with E-state index >= 15 is 0 Å². The van der Waals surface area contributed by atoms with Crippen LogP contribution in [0.25, 0.3) is 11.1 Å². The monoisotopic (exact) mass is 488 g/mol. The summed E-state index contributed by atoms with van der Waals surface area (Å²) in [6.07, 6.45) is 1.08. The van der Waals surface area contributed by atoms with E-state index in [4.69, 9.17) is 14.7 Å². The third-order valence-corrected chi connectivity index (χ3v) is 6.87. The van der Waals surface area contributed by atoms with Crippen molar-refractivity contribution in [1.82, 2.24) is 14.9 Å². The van der Waals surface area contributed by atoms with E-state index in [9.17, 15) is 0 Å². The second-order valence-corrected chi connectivity index (χ2v) is 9.15. The van der Waals surface area contributed by atoms with Crippen LogP contribution in [-0.2, 0) is 11.3 Å². The fraction of sp³-hybridized carbons (Fsp3) is 0.448. The molecule has 1 aliphatic heterocycles. The topological polar surface area (TPSA) is 65.5 Å². The van der Waals surface area contributed by atoms with Gasteiger partial charge in [0.15, 0.2) is 0 Å². The van der Waals surface area contributed by atoms with Crippen LogP contribution in [0.1, 0.15) is 31.4 Å². The number of aromatic nitrogens is 2. The van der Waals surface area contributed by atoms with E-state index < -0.39 is 0 Å². The van der Waals surface area contributed by atoms with Crippen molar-refractivity contribution in [3.05, 3.63) is 65.7 Å². The second-order valence-electron chi connectivity index (χ2n) is 9.15. The molecule has 1 fully saturated rings. The quantitative estimate of drug-likeness (QED) is 0.346. The highest BCUT2D eigenvalue weighted by Crippen LogP contribution is 2.26. The number of ether oxygens (including phenoxy) is 1. The Morgan fingerprint density at radius 1 is 0.944 bits per heavy atom. The SMILES string of the molecule is CCN(CC)CCCNc1cc(N2CCOCC2)nc(NCc2cccc(-c3ccccc3)c2C)n1. The smallest absolute Gasteiger partial charge is 0.226 e. The van der Waals surface area contributed by atoms with E-state index in [-0.39, 0.29) is 0 Å². The average molecular weight is 489 g/mol. The Kier molecular flexibility index (Phi) is 9.53. The van der Waals surface area contributed by atoms with Crippen molar-refractivity contribution < 1.29 is 4.74 Å². The molecule has 0 unspecified atom stereocenters. The number of morpholine rings is 1. The number of hydrogen-bond acceptors (Lipinski definition) is 7. The van der Waals surface area contributed by atoms with E-state index in [1.54, 1.807) is 0 Å². The Hall–Kier alpha value is -3.16. The van der Waals surface area contributed by atoms with Crippen molar-refractivity contribution in [2.24, 2.45) is 0 Å². The summed E-state index contributed by atoms with van der Waals surface area (Å²) >= 11 is 0. The van der Waals surface area contributed by atoms with Gasteiger partial charge in [0.05, 0.1) is 13.2 Å². The highest BCUT2D eigenvalue weighted by Gasteiger charge is 2.15. The predicted octanol–water partition coefficient (Wildman–Crippen LogP) is 5.04. The lowest BCUT2D eigenvalue weighted by molar-refractivity contribution is 0.122. The number of benzene rings is 2. The Balaban J connectivity index is 1.48. The minimum atomic E-state index is 0.648. The fourth-order valence-electron chi connectivity index (χ4n) is 4.60. The molecular formula is C29H40N6O. The maximum Gasteiger partial charge on any atom is 0.226 e. The van der Waals surface area contributed by atoms with Gasteiger partial charge in [-0.05, 0) is 55.2 Å². The van der Waals surface area contributed by atoms with Gasteiger partial charge in [-0.1, -0.05) is 62.4 Å². The molecule has 0 bridgehead atoms. The van der Waals surface area contributed by atoms with Crippen LogP contribution in [0.2, 0.25) is 0 Å². The van der Waals surface area contributed by atoms with Gasteiger partial charge in [-0.25, -0.2) is 0 Å². The van der Waals surface area contributed by atoms with Gasteiger partial charge in [0.2, 0.25) is 5.95 Å². The predicted molar refractivity (Wildman–Crippen MR) is 150 cm³/mol. The third kappa shape index (κ3) is 6.95. The molecule has 192 valence electrons. The third-order valence-electron chi connectivity index (χ3n) is 6.87. The van der Waals surface area contributed by atoms with Crippen LogP contribution in [0.3, 0.4) is 0 Å². The minimum absolute atomic E-state index is 0.648. The van der Waals surface area contributed by atoms with Gasteiger partial charge in [0.1, 0.15) is 11.6 Å². The molecule has 0 radical (unpaired) electrons. The summed E-state index contributed by atoms with van der Waals surface area (Å²) in [7, 11) is 0. The molecule has 0 amide bonds. The molecule has 2 aromatic carbocycles. The maximum absolute atomic E-state index is 5.55. The lowest BCUT2D eigenvalue weighted by Crippen LogP contribution is -2.37. The molecule has 0 aliphatic carbocycles. The van der Waals surface area contributed by atoms with Gasteiger partial charge in [-0.2, -0.15) is 9.97 Å². The Labute approximate surface area is 215 Å². The number of rotatable bonds is 12. The summed E-state index contributed by atoms with van der Waals surface area (Å²) in [5.74, 6) is 2.45. The van der Waals surface area contributed by atoms with Gasteiger partial charge in [-0.3, -0.25) is 0 Å². The van der Waals surface area contributed by atoms with Crippen molar-refractivity contribution in [3.63, 3.8) is 0 Å². The average Bonchev–Trinajstić information content (AvgIpc) is 2.93. The van der Waals surface area contributed by atoms with Crippen LogP contribution < -0.4 is 15.5 Å². The van der Waals surface area contributed by atoms with Gasteiger partial charge < -0.3 is 25.2 Å². The van der Waals surface area contributed by atoms with Crippen LogP contribution in [0, 0.1) is 6.92 Å². The minimum Gasteiger partial charge on any atom is -0.378 e. The van der Waals surface area contributed by atoms with Crippen molar-refractivity contribution in [2.75, 3.05) is 68.0 Å². The summed E-state index contributed by atoms with van der Waals surface area (Å²) in [5, 5.41) is 7.03. The molecule has 36 heavy (non-hydrogen) atoms. The first-order valence-corrected chi connectivity index (χ1v) is 13.2. The number of hydrogen-bond donors (Lipinski definition) is 2. The summed E-state index contributed by atoms with van der Waals surface area (Å²) in [5.41, 5.74) is 5.01. The van der Waals surface area contributed by atoms with Gasteiger partial charge in [0.25, 0.3) is 0 Å². The highest BCUT2D eigenvalue weighted by molar-refractivity contribution is 5.68. The Bertz CT molecular complexity index is 1080. The molecule has 1 saturated heterocycles. The zero-order valence-corrected chi connectivity index (χ0v) is 22.0. The first-order valence-electron chi connectivity index (χ1n) is 13.2. The van der Waals surface area contributed by atoms with Crippen molar-refractivity contribution >= 4 is 17.6 Å². The Morgan fingerprint density at radius 3 is 2.47 bits per heavy atom. The van der Waals surface area contributed by atoms with E-state index in [1.807, 2.05) is 0 Å². The largest absolute Gasteiger partial charge is 0.378 e. The van der Waals surface area contributed by atoms with Crippen LogP contribution in [0.4, 0.5) is 17.6 Å². The summed E-state index contributed by atoms with van der Waals surface area (Å²) in [6.45, 7) is 14.6. The molecule has 1 aromatic heterocycles. The van der Waals surface area contributed by atoms with Crippen LogP contribution >= 0.6 is 0 Å². The maximum atomic E-state index is 5.55. The molecule has 0 spiro atoms. The lowest BCUT2D eigenvalue weighted by Gasteiger charge is -2.28. The van der Waals surface area contributed by atoms with Gasteiger partial charge >= 0.3 is 0 Å². The molecule has 4 rings (SSSR count). The van der Waals surface area contributed by atoms with Gasteiger partial charge in [-0.15, -0.1) is 0 Å². The summed E-state index contributed by atoms with van der Waals surface area (Å²) < 4.78 is 5.55. The van der Waals surface area contributed by atoms with E-state index in [2.05, 4.69) is 95.8 Å². The zero-order valence-electron chi connectivity index (χ0n) is 22.0.